The maximum Gasteiger partial charge on any atom is 0.138 e. The first-order chi connectivity index (χ1) is 7.75. The SMILES string of the molecule is Cn1ncnc1CCNCc1ccc(Br)s1. The first kappa shape index (κ1) is 11.8. The third-order valence-corrected chi connectivity index (χ3v) is 3.88. The largest absolute Gasteiger partial charge is 0.311 e. The van der Waals surface area contributed by atoms with Crippen molar-refractivity contribution in [1.82, 2.24) is 20.1 Å². The van der Waals surface area contributed by atoms with E-state index in [1.807, 2.05) is 11.7 Å². The van der Waals surface area contributed by atoms with Gasteiger partial charge < -0.3 is 5.32 Å². The number of hydrogen-bond donors (Lipinski definition) is 1. The molecule has 0 amide bonds. The fourth-order valence-corrected chi connectivity index (χ4v) is 2.86. The van der Waals surface area contributed by atoms with E-state index in [-0.39, 0.29) is 0 Å². The second-order valence-electron chi connectivity index (χ2n) is 3.43. The quantitative estimate of drug-likeness (QED) is 0.859. The highest BCUT2D eigenvalue weighted by Gasteiger charge is 2.00. The van der Waals surface area contributed by atoms with Crippen LogP contribution in [-0.4, -0.2) is 21.3 Å². The summed E-state index contributed by atoms with van der Waals surface area (Å²) >= 11 is 5.21. The molecule has 0 aliphatic rings. The molecule has 0 saturated heterocycles. The monoisotopic (exact) mass is 300 g/mol. The van der Waals surface area contributed by atoms with E-state index in [1.54, 1.807) is 17.7 Å². The van der Waals surface area contributed by atoms with Gasteiger partial charge in [0.1, 0.15) is 12.2 Å². The number of halogens is 1. The summed E-state index contributed by atoms with van der Waals surface area (Å²) < 4.78 is 2.99. The summed E-state index contributed by atoms with van der Waals surface area (Å²) in [6, 6.07) is 4.20. The van der Waals surface area contributed by atoms with Crippen molar-refractivity contribution in [2.45, 2.75) is 13.0 Å². The molecule has 0 spiro atoms. The highest BCUT2D eigenvalue weighted by molar-refractivity contribution is 9.11. The van der Waals surface area contributed by atoms with Crippen LogP contribution in [0, 0.1) is 0 Å². The van der Waals surface area contributed by atoms with Gasteiger partial charge in [0.2, 0.25) is 0 Å². The van der Waals surface area contributed by atoms with E-state index in [0.29, 0.717) is 0 Å². The molecule has 86 valence electrons. The summed E-state index contributed by atoms with van der Waals surface area (Å²) in [7, 11) is 1.92. The molecule has 0 fully saturated rings. The summed E-state index contributed by atoms with van der Waals surface area (Å²) in [5.74, 6) is 1.01. The minimum atomic E-state index is 0.906. The van der Waals surface area contributed by atoms with E-state index in [4.69, 9.17) is 0 Å². The molecule has 0 aliphatic heterocycles. The number of thiophene rings is 1. The highest BCUT2D eigenvalue weighted by atomic mass is 79.9. The van der Waals surface area contributed by atoms with Gasteiger partial charge in [-0.05, 0) is 28.1 Å². The first-order valence-corrected chi connectivity index (χ1v) is 6.64. The maximum atomic E-state index is 4.17. The Labute approximate surface area is 107 Å². The first-order valence-electron chi connectivity index (χ1n) is 5.03. The minimum absolute atomic E-state index is 0.906. The van der Waals surface area contributed by atoms with Gasteiger partial charge in [-0.3, -0.25) is 4.68 Å². The summed E-state index contributed by atoms with van der Waals surface area (Å²) in [6.07, 6.45) is 2.49. The number of hydrogen-bond acceptors (Lipinski definition) is 4. The molecule has 0 radical (unpaired) electrons. The molecule has 0 bridgehead atoms. The van der Waals surface area contributed by atoms with Crippen molar-refractivity contribution in [2.24, 2.45) is 7.05 Å². The Morgan fingerprint density at radius 3 is 3.00 bits per heavy atom. The Hall–Kier alpha value is -0.720. The van der Waals surface area contributed by atoms with E-state index in [1.165, 1.54) is 8.66 Å². The lowest BCUT2D eigenvalue weighted by molar-refractivity contribution is 0.637. The second kappa shape index (κ2) is 5.56. The molecule has 0 aliphatic carbocycles. The van der Waals surface area contributed by atoms with Gasteiger partial charge in [-0.2, -0.15) is 5.10 Å². The Morgan fingerprint density at radius 1 is 1.50 bits per heavy atom. The van der Waals surface area contributed by atoms with Crippen molar-refractivity contribution in [2.75, 3.05) is 6.54 Å². The summed E-state index contributed by atoms with van der Waals surface area (Å²) in [5.41, 5.74) is 0. The highest BCUT2D eigenvalue weighted by Crippen LogP contribution is 2.21. The molecule has 6 heteroatoms. The average Bonchev–Trinajstić information content (AvgIpc) is 2.83. The van der Waals surface area contributed by atoms with E-state index in [0.717, 1.165) is 25.3 Å². The molecule has 1 N–H and O–H groups in total. The topological polar surface area (TPSA) is 42.7 Å². The molecule has 2 aromatic heterocycles. The molecular formula is C10H13BrN4S. The normalized spacial score (nSPS) is 10.9. The Bertz CT molecular complexity index is 451. The van der Waals surface area contributed by atoms with Crippen molar-refractivity contribution in [3.63, 3.8) is 0 Å². The number of rotatable bonds is 5. The second-order valence-corrected chi connectivity index (χ2v) is 5.98. The molecule has 2 aromatic rings. The number of nitrogens with zero attached hydrogens (tertiary/aromatic N) is 3. The summed E-state index contributed by atoms with van der Waals surface area (Å²) in [5, 5.41) is 7.42. The molecular weight excluding hydrogens is 288 g/mol. The fraction of sp³-hybridized carbons (Fsp3) is 0.400. The van der Waals surface area contributed by atoms with Gasteiger partial charge in [0.25, 0.3) is 0 Å². The average molecular weight is 301 g/mol. The Morgan fingerprint density at radius 2 is 2.38 bits per heavy atom. The molecule has 0 aromatic carbocycles. The van der Waals surface area contributed by atoms with Crippen LogP contribution in [0.15, 0.2) is 22.2 Å². The lowest BCUT2D eigenvalue weighted by atomic mass is 10.4. The molecule has 0 unspecified atom stereocenters. The van der Waals surface area contributed by atoms with Crippen LogP contribution in [0.25, 0.3) is 0 Å². The molecule has 0 atom stereocenters. The van der Waals surface area contributed by atoms with Gasteiger partial charge in [0.15, 0.2) is 0 Å². The van der Waals surface area contributed by atoms with Crippen LogP contribution < -0.4 is 5.32 Å². The zero-order chi connectivity index (χ0) is 11.4. The summed E-state index contributed by atoms with van der Waals surface area (Å²) in [4.78, 5) is 5.51. The van der Waals surface area contributed by atoms with Crippen LogP contribution >= 0.6 is 27.3 Å². The molecule has 4 nitrogen and oxygen atoms in total. The third-order valence-electron chi connectivity index (χ3n) is 2.26. The van der Waals surface area contributed by atoms with E-state index in [2.05, 4.69) is 43.5 Å². The minimum Gasteiger partial charge on any atom is -0.311 e. The number of aryl methyl sites for hydroxylation is 1. The zero-order valence-electron chi connectivity index (χ0n) is 8.98. The Balaban J connectivity index is 1.71. The van der Waals surface area contributed by atoms with Gasteiger partial charge >= 0.3 is 0 Å². The number of aromatic nitrogens is 3. The van der Waals surface area contributed by atoms with Crippen molar-refractivity contribution < 1.29 is 0 Å². The molecule has 2 heterocycles. The van der Waals surface area contributed by atoms with Gasteiger partial charge in [-0.1, -0.05) is 0 Å². The fourth-order valence-electron chi connectivity index (χ4n) is 1.41. The van der Waals surface area contributed by atoms with Crippen molar-refractivity contribution in [3.05, 3.63) is 32.9 Å². The van der Waals surface area contributed by atoms with E-state index >= 15 is 0 Å². The summed E-state index contributed by atoms with van der Waals surface area (Å²) in [6.45, 7) is 1.83. The van der Waals surface area contributed by atoms with Crippen molar-refractivity contribution in [3.8, 4) is 0 Å². The van der Waals surface area contributed by atoms with Gasteiger partial charge in [-0.15, -0.1) is 11.3 Å². The lowest BCUT2D eigenvalue weighted by Gasteiger charge is -2.02. The van der Waals surface area contributed by atoms with Crippen LogP contribution in [0.2, 0.25) is 0 Å². The smallest absolute Gasteiger partial charge is 0.138 e. The van der Waals surface area contributed by atoms with Crippen molar-refractivity contribution in [1.29, 1.82) is 0 Å². The van der Waals surface area contributed by atoms with Crippen LogP contribution in [0.5, 0.6) is 0 Å². The Kier molecular flexibility index (Phi) is 4.09. The maximum absolute atomic E-state index is 4.17. The van der Waals surface area contributed by atoms with Crippen LogP contribution in [0.3, 0.4) is 0 Å². The molecule has 16 heavy (non-hydrogen) atoms. The standard InChI is InChI=1S/C10H13BrN4S/c1-15-10(13-7-14-15)4-5-12-6-8-2-3-9(11)16-8/h2-3,7,12H,4-6H2,1H3. The third kappa shape index (κ3) is 3.13. The van der Waals surface area contributed by atoms with Crippen molar-refractivity contribution >= 4 is 27.3 Å². The van der Waals surface area contributed by atoms with Gasteiger partial charge in [0, 0.05) is 31.4 Å². The predicted molar refractivity (Wildman–Crippen MR) is 68.4 cm³/mol. The van der Waals surface area contributed by atoms with Crippen LogP contribution in [-0.2, 0) is 20.0 Å². The van der Waals surface area contributed by atoms with Crippen LogP contribution in [0.1, 0.15) is 10.7 Å². The predicted octanol–water partition coefficient (Wildman–Crippen LogP) is 1.97. The van der Waals surface area contributed by atoms with Gasteiger partial charge in [-0.25, -0.2) is 4.98 Å². The lowest BCUT2D eigenvalue weighted by Crippen LogP contribution is -2.17. The van der Waals surface area contributed by atoms with E-state index in [9.17, 15) is 0 Å². The molecule has 0 saturated carbocycles. The van der Waals surface area contributed by atoms with Gasteiger partial charge in [0.05, 0.1) is 3.79 Å². The van der Waals surface area contributed by atoms with E-state index < -0.39 is 0 Å². The number of nitrogens with one attached hydrogen (secondary N) is 1. The molecule has 2 rings (SSSR count). The van der Waals surface area contributed by atoms with Crippen LogP contribution in [0.4, 0.5) is 0 Å². The zero-order valence-corrected chi connectivity index (χ0v) is 11.4.